The largest absolute Gasteiger partial charge is 0.467 e. The van der Waals surface area contributed by atoms with Crippen LogP contribution in [0.1, 0.15) is 31.2 Å². The number of halogens is 1. The SMILES string of the molecule is CC(NC(=O)CN1C(=O)NC(C)(c2ccccc2Br)C1=O)c1ccco1. The van der Waals surface area contributed by atoms with Gasteiger partial charge in [-0.15, -0.1) is 0 Å². The number of carbonyl (C=O) groups is 3. The van der Waals surface area contributed by atoms with E-state index in [0.717, 1.165) is 4.90 Å². The first-order valence-corrected chi connectivity index (χ1v) is 8.84. The molecule has 26 heavy (non-hydrogen) atoms. The molecule has 2 N–H and O–H groups in total. The van der Waals surface area contributed by atoms with Gasteiger partial charge in [-0.25, -0.2) is 4.79 Å². The Bertz CT molecular complexity index is 852. The maximum absolute atomic E-state index is 12.9. The Morgan fingerprint density at radius 2 is 2.04 bits per heavy atom. The Balaban J connectivity index is 1.73. The zero-order chi connectivity index (χ0) is 18.9. The van der Waals surface area contributed by atoms with E-state index in [9.17, 15) is 14.4 Å². The molecule has 2 aromatic rings. The highest BCUT2D eigenvalue weighted by Crippen LogP contribution is 2.33. The van der Waals surface area contributed by atoms with Gasteiger partial charge < -0.3 is 15.1 Å². The zero-order valence-electron chi connectivity index (χ0n) is 14.3. The third-order valence-corrected chi connectivity index (χ3v) is 5.03. The number of amides is 4. The summed E-state index contributed by atoms with van der Waals surface area (Å²) in [6, 6.07) is 9.64. The summed E-state index contributed by atoms with van der Waals surface area (Å²) in [6.45, 7) is 3.01. The number of imide groups is 1. The van der Waals surface area contributed by atoms with Crippen molar-refractivity contribution in [2.75, 3.05) is 6.54 Å². The second-order valence-electron chi connectivity index (χ2n) is 6.23. The molecule has 1 saturated heterocycles. The molecule has 1 aromatic heterocycles. The van der Waals surface area contributed by atoms with Crippen LogP contribution in [0.3, 0.4) is 0 Å². The Hall–Kier alpha value is -2.61. The van der Waals surface area contributed by atoms with Gasteiger partial charge in [0.2, 0.25) is 5.91 Å². The van der Waals surface area contributed by atoms with Crippen molar-refractivity contribution in [2.45, 2.75) is 25.4 Å². The van der Waals surface area contributed by atoms with E-state index in [1.165, 1.54) is 6.26 Å². The lowest BCUT2D eigenvalue weighted by Crippen LogP contribution is -2.43. The molecule has 4 amide bonds. The molecule has 0 bridgehead atoms. The molecule has 1 aliphatic rings. The molecule has 3 rings (SSSR count). The van der Waals surface area contributed by atoms with Crippen LogP contribution >= 0.6 is 15.9 Å². The first-order valence-electron chi connectivity index (χ1n) is 8.05. The molecule has 1 aromatic carbocycles. The van der Waals surface area contributed by atoms with Gasteiger partial charge in [-0.1, -0.05) is 34.1 Å². The predicted octanol–water partition coefficient (Wildman–Crippen LogP) is 2.69. The van der Waals surface area contributed by atoms with Gasteiger partial charge in [0.1, 0.15) is 17.8 Å². The molecular formula is C18H18BrN3O4. The van der Waals surface area contributed by atoms with E-state index in [-0.39, 0.29) is 12.6 Å². The fourth-order valence-corrected chi connectivity index (χ4v) is 3.61. The van der Waals surface area contributed by atoms with E-state index < -0.39 is 23.4 Å². The van der Waals surface area contributed by atoms with E-state index >= 15 is 0 Å². The summed E-state index contributed by atoms with van der Waals surface area (Å²) in [4.78, 5) is 38.4. The lowest BCUT2D eigenvalue weighted by Gasteiger charge is -2.23. The quantitative estimate of drug-likeness (QED) is 0.728. The van der Waals surface area contributed by atoms with Gasteiger partial charge in [0, 0.05) is 10.0 Å². The lowest BCUT2D eigenvalue weighted by molar-refractivity contribution is -0.135. The predicted molar refractivity (Wildman–Crippen MR) is 97.0 cm³/mol. The number of nitrogens with one attached hydrogen (secondary N) is 2. The number of furan rings is 1. The summed E-state index contributed by atoms with van der Waals surface area (Å²) in [6.07, 6.45) is 1.51. The average Bonchev–Trinajstić information content (AvgIpc) is 3.19. The minimum atomic E-state index is -1.23. The van der Waals surface area contributed by atoms with Crippen LogP contribution in [-0.4, -0.2) is 29.3 Å². The third kappa shape index (κ3) is 3.24. The number of hydrogen-bond acceptors (Lipinski definition) is 4. The molecule has 8 heteroatoms. The maximum atomic E-state index is 12.9. The number of hydrogen-bond donors (Lipinski definition) is 2. The fourth-order valence-electron chi connectivity index (χ4n) is 2.93. The van der Waals surface area contributed by atoms with Crippen molar-refractivity contribution in [3.8, 4) is 0 Å². The van der Waals surface area contributed by atoms with Crippen molar-refractivity contribution in [3.63, 3.8) is 0 Å². The molecule has 2 atom stereocenters. The van der Waals surface area contributed by atoms with Crippen LogP contribution < -0.4 is 10.6 Å². The molecule has 0 spiro atoms. The molecule has 136 valence electrons. The van der Waals surface area contributed by atoms with Crippen LogP contribution in [0.2, 0.25) is 0 Å². The highest BCUT2D eigenvalue weighted by molar-refractivity contribution is 9.10. The van der Waals surface area contributed by atoms with Crippen molar-refractivity contribution in [1.29, 1.82) is 0 Å². The van der Waals surface area contributed by atoms with Gasteiger partial charge in [-0.2, -0.15) is 0 Å². The van der Waals surface area contributed by atoms with E-state index in [1.54, 1.807) is 44.2 Å². The zero-order valence-corrected chi connectivity index (χ0v) is 15.9. The van der Waals surface area contributed by atoms with Crippen molar-refractivity contribution < 1.29 is 18.8 Å². The van der Waals surface area contributed by atoms with Crippen LogP contribution in [0.15, 0.2) is 51.6 Å². The molecule has 2 heterocycles. The summed E-state index contributed by atoms with van der Waals surface area (Å²) in [5.41, 5.74) is -0.602. The summed E-state index contributed by atoms with van der Waals surface area (Å²) in [5, 5.41) is 5.40. The van der Waals surface area contributed by atoms with E-state index in [2.05, 4.69) is 26.6 Å². The second kappa shape index (κ2) is 6.95. The molecule has 2 unspecified atom stereocenters. The molecule has 0 saturated carbocycles. The number of urea groups is 1. The minimum absolute atomic E-state index is 0.365. The highest BCUT2D eigenvalue weighted by Gasteiger charge is 2.50. The van der Waals surface area contributed by atoms with Crippen molar-refractivity contribution in [2.24, 2.45) is 0 Å². The molecule has 1 fully saturated rings. The molecule has 7 nitrogen and oxygen atoms in total. The fraction of sp³-hybridized carbons (Fsp3) is 0.278. The smallest absolute Gasteiger partial charge is 0.325 e. The van der Waals surface area contributed by atoms with Crippen molar-refractivity contribution in [3.05, 3.63) is 58.5 Å². The van der Waals surface area contributed by atoms with Gasteiger partial charge >= 0.3 is 6.03 Å². The van der Waals surface area contributed by atoms with Crippen LogP contribution in [-0.2, 0) is 15.1 Å². The highest BCUT2D eigenvalue weighted by atomic mass is 79.9. The average molecular weight is 420 g/mol. The van der Waals surface area contributed by atoms with E-state index in [4.69, 9.17) is 4.42 Å². The Labute approximate surface area is 158 Å². The number of benzene rings is 1. The van der Waals surface area contributed by atoms with E-state index in [1.807, 2.05) is 6.07 Å². The van der Waals surface area contributed by atoms with Crippen molar-refractivity contribution >= 4 is 33.8 Å². The Kier molecular flexibility index (Phi) is 4.86. The number of carbonyl (C=O) groups excluding carboxylic acids is 3. The standard InChI is InChI=1S/C18H18BrN3O4/c1-11(14-8-5-9-26-14)20-15(23)10-22-16(24)18(2,21-17(22)25)12-6-3-4-7-13(12)19/h3-9,11H,10H2,1-2H3,(H,20,23)(H,21,25). The van der Waals surface area contributed by atoms with Crippen LogP contribution in [0.4, 0.5) is 4.79 Å². The topological polar surface area (TPSA) is 91.7 Å². The summed E-state index contributed by atoms with van der Waals surface area (Å²) >= 11 is 3.40. The Morgan fingerprint density at radius 1 is 1.31 bits per heavy atom. The van der Waals surface area contributed by atoms with Crippen LogP contribution in [0.5, 0.6) is 0 Å². The maximum Gasteiger partial charge on any atom is 0.325 e. The van der Waals surface area contributed by atoms with Gasteiger partial charge in [0.25, 0.3) is 5.91 Å². The molecule has 0 aliphatic carbocycles. The summed E-state index contributed by atoms with van der Waals surface area (Å²) in [5.74, 6) is -0.336. The first-order chi connectivity index (χ1) is 12.3. The van der Waals surface area contributed by atoms with Gasteiger partial charge in [0.05, 0.1) is 12.3 Å². The summed E-state index contributed by atoms with van der Waals surface area (Å²) in [7, 11) is 0. The molecule has 1 aliphatic heterocycles. The summed E-state index contributed by atoms with van der Waals surface area (Å²) < 4.78 is 5.94. The van der Waals surface area contributed by atoms with Crippen LogP contribution in [0, 0.1) is 0 Å². The van der Waals surface area contributed by atoms with Gasteiger partial charge in [-0.3, -0.25) is 14.5 Å². The number of rotatable bonds is 5. The lowest BCUT2D eigenvalue weighted by atomic mass is 9.92. The molecule has 0 radical (unpaired) electrons. The second-order valence-corrected chi connectivity index (χ2v) is 7.09. The normalized spacial score (nSPS) is 20.8. The van der Waals surface area contributed by atoms with Gasteiger partial charge in [0.15, 0.2) is 0 Å². The third-order valence-electron chi connectivity index (χ3n) is 4.34. The number of nitrogens with zero attached hydrogens (tertiary/aromatic N) is 1. The minimum Gasteiger partial charge on any atom is -0.467 e. The van der Waals surface area contributed by atoms with E-state index in [0.29, 0.717) is 15.8 Å². The Morgan fingerprint density at radius 3 is 2.69 bits per heavy atom. The van der Waals surface area contributed by atoms with Crippen LogP contribution in [0.25, 0.3) is 0 Å². The first kappa shape index (κ1) is 18.2. The van der Waals surface area contributed by atoms with Crippen molar-refractivity contribution in [1.82, 2.24) is 15.5 Å². The monoisotopic (exact) mass is 419 g/mol. The van der Waals surface area contributed by atoms with Gasteiger partial charge in [-0.05, 0) is 32.0 Å². The molecular weight excluding hydrogens is 402 g/mol.